The molecule has 44 heavy (non-hydrogen) atoms. The maximum absolute atomic E-state index is 3.83. The number of benzene rings is 7. The summed E-state index contributed by atoms with van der Waals surface area (Å²) in [6.07, 6.45) is 0. The molecule has 1 aliphatic rings. The lowest BCUT2D eigenvalue weighted by atomic mass is 9.67. The van der Waals surface area contributed by atoms with E-state index in [0.29, 0.717) is 0 Å². The van der Waals surface area contributed by atoms with Gasteiger partial charge in [-0.2, -0.15) is 0 Å². The van der Waals surface area contributed by atoms with E-state index >= 15 is 0 Å². The van der Waals surface area contributed by atoms with Crippen molar-refractivity contribution in [2.45, 2.75) is 5.41 Å². The molecule has 0 unspecified atom stereocenters. The first-order valence-electron chi connectivity index (χ1n) is 15.2. The van der Waals surface area contributed by atoms with Crippen LogP contribution in [0.3, 0.4) is 0 Å². The molecule has 8 rings (SSSR count). The summed E-state index contributed by atoms with van der Waals surface area (Å²) in [6.45, 7) is 0. The van der Waals surface area contributed by atoms with Crippen molar-refractivity contribution in [2.75, 3.05) is 5.32 Å². The van der Waals surface area contributed by atoms with Crippen LogP contribution in [0.4, 0.5) is 11.4 Å². The number of rotatable bonds is 6. The van der Waals surface area contributed by atoms with Gasteiger partial charge in [-0.15, -0.1) is 0 Å². The van der Waals surface area contributed by atoms with E-state index in [1.54, 1.807) is 0 Å². The van der Waals surface area contributed by atoms with Crippen LogP contribution in [0, 0.1) is 0 Å². The van der Waals surface area contributed by atoms with Crippen LogP contribution in [0.2, 0.25) is 0 Å². The van der Waals surface area contributed by atoms with Gasteiger partial charge in [-0.3, -0.25) is 0 Å². The van der Waals surface area contributed by atoms with Crippen LogP contribution in [-0.2, 0) is 5.41 Å². The Morgan fingerprint density at radius 3 is 1.61 bits per heavy atom. The first kappa shape index (κ1) is 26.0. The van der Waals surface area contributed by atoms with Crippen molar-refractivity contribution >= 4 is 11.4 Å². The maximum atomic E-state index is 3.83. The Balaban J connectivity index is 1.27. The number of hydrogen-bond acceptors (Lipinski definition) is 1. The van der Waals surface area contributed by atoms with E-state index in [0.717, 1.165) is 11.4 Å². The van der Waals surface area contributed by atoms with E-state index in [-0.39, 0.29) is 0 Å². The molecule has 0 heterocycles. The second kappa shape index (κ2) is 10.9. The lowest BCUT2D eigenvalue weighted by Crippen LogP contribution is -2.28. The zero-order chi connectivity index (χ0) is 29.3. The van der Waals surface area contributed by atoms with Crippen molar-refractivity contribution in [1.29, 1.82) is 0 Å². The van der Waals surface area contributed by atoms with Gasteiger partial charge in [0.15, 0.2) is 0 Å². The predicted octanol–water partition coefficient (Wildman–Crippen LogP) is 11.1. The normalized spacial score (nSPS) is 12.7. The molecule has 0 atom stereocenters. The Labute approximate surface area is 259 Å². The monoisotopic (exact) mass is 561 g/mol. The van der Waals surface area contributed by atoms with Crippen LogP contribution in [0.5, 0.6) is 0 Å². The lowest BCUT2D eigenvalue weighted by Gasteiger charge is -2.34. The van der Waals surface area contributed by atoms with E-state index in [4.69, 9.17) is 0 Å². The summed E-state index contributed by atoms with van der Waals surface area (Å²) in [5, 5.41) is 3.83. The minimum absolute atomic E-state index is 0.421. The fraction of sp³-hybridized carbons (Fsp3) is 0.0233. The largest absolute Gasteiger partial charge is 0.355 e. The molecule has 0 spiro atoms. The molecule has 7 aromatic carbocycles. The number of hydrogen-bond donors (Lipinski definition) is 1. The molecule has 0 amide bonds. The minimum Gasteiger partial charge on any atom is -0.355 e. The topological polar surface area (TPSA) is 12.0 Å². The summed E-state index contributed by atoms with van der Waals surface area (Å²) in [7, 11) is 0. The van der Waals surface area contributed by atoms with Gasteiger partial charge in [0.2, 0.25) is 0 Å². The average Bonchev–Trinajstić information content (AvgIpc) is 3.40. The smallest absolute Gasteiger partial charge is 0.0714 e. The molecule has 1 N–H and O–H groups in total. The van der Waals surface area contributed by atoms with Gasteiger partial charge in [0.25, 0.3) is 0 Å². The molecule has 1 aliphatic carbocycles. The SMILES string of the molecule is c1ccc(-c2cccc(-c3ccccc3Nc3ccc4c(c3)C(c3ccccc3)(c3ccccc3)c3ccccc3-4)c2)cc1. The van der Waals surface area contributed by atoms with Gasteiger partial charge in [0.05, 0.1) is 5.41 Å². The van der Waals surface area contributed by atoms with Gasteiger partial charge in [-0.25, -0.2) is 0 Å². The maximum Gasteiger partial charge on any atom is 0.0714 e. The molecule has 0 bridgehead atoms. The zero-order valence-corrected chi connectivity index (χ0v) is 24.3. The molecule has 1 nitrogen and oxygen atoms in total. The van der Waals surface area contributed by atoms with E-state index in [1.165, 1.54) is 55.6 Å². The zero-order valence-electron chi connectivity index (χ0n) is 24.3. The van der Waals surface area contributed by atoms with Crippen molar-refractivity contribution in [3.8, 4) is 33.4 Å². The van der Waals surface area contributed by atoms with Crippen molar-refractivity contribution in [1.82, 2.24) is 0 Å². The van der Waals surface area contributed by atoms with E-state index < -0.39 is 5.41 Å². The number of nitrogens with one attached hydrogen (secondary N) is 1. The van der Waals surface area contributed by atoms with Crippen LogP contribution in [0.15, 0.2) is 182 Å². The highest BCUT2D eigenvalue weighted by Crippen LogP contribution is 2.56. The molecule has 0 fully saturated rings. The van der Waals surface area contributed by atoms with Gasteiger partial charge in [0, 0.05) is 16.9 Å². The Bertz CT molecular complexity index is 2040. The van der Waals surface area contributed by atoms with Gasteiger partial charge >= 0.3 is 0 Å². The summed E-state index contributed by atoms with van der Waals surface area (Å²) >= 11 is 0. The average molecular weight is 562 g/mol. The van der Waals surface area contributed by atoms with Crippen molar-refractivity contribution in [3.05, 3.63) is 204 Å². The highest BCUT2D eigenvalue weighted by atomic mass is 14.9. The Morgan fingerprint density at radius 2 is 0.886 bits per heavy atom. The summed E-state index contributed by atoms with van der Waals surface area (Å²) in [4.78, 5) is 0. The molecule has 0 saturated heterocycles. The quantitative estimate of drug-likeness (QED) is 0.213. The van der Waals surface area contributed by atoms with Crippen molar-refractivity contribution < 1.29 is 0 Å². The molecular formula is C43H31N. The number of para-hydroxylation sites is 1. The summed E-state index contributed by atoms with van der Waals surface area (Å²) in [5.41, 5.74) is 14.3. The minimum atomic E-state index is -0.421. The Morgan fingerprint density at radius 1 is 0.341 bits per heavy atom. The van der Waals surface area contributed by atoms with Crippen LogP contribution in [-0.4, -0.2) is 0 Å². The van der Waals surface area contributed by atoms with Crippen LogP contribution < -0.4 is 5.32 Å². The molecule has 0 aromatic heterocycles. The summed E-state index contributed by atoms with van der Waals surface area (Å²) in [6, 6.07) is 65.7. The molecular weight excluding hydrogens is 530 g/mol. The first-order valence-corrected chi connectivity index (χ1v) is 15.2. The van der Waals surface area contributed by atoms with Gasteiger partial charge in [-0.05, 0) is 74.3 Å². The number of anilines is 2. The highest BCUT2D eigenvalue weighted by molar-refractivity contribution is 5.89. The van der Waals surface area contributed by atoms with Gasteiger partial charge in [0.1, 0.15) is 0 Å². The second-order valence-electron chi connectivity index (χ2n) is 11.4. The fourth-order valence-corrected chi connectivity index (χ4v) is 7.02. The van der Waals surface area contributed by atoms with E-state index in [1.807, 2.05) is 0 Å². The first-order chi connectivity index (χ1) is 21.8. The standard InChI is InChI=1S/C43H31N/c1-4-15-31(16-5-1)32-17-14-18-33(29-32)37-23-11-13-26-42(37)44-36-27-28-39-38-24-10-12-25-40(38)43(41(39)30-36,34-19-6-2-7-20-34)35-21-8-3-9-22-35/h1-30,44H. The Kier molecular flexibility index (Phi) is 6.43. The lowest BCUT2D eigenvalue weighted by molar-refractivity contribution is 0.769. The highest BCUT2D eigenvalue weighted by Gasteiger charge is 2.46. The van der Waals surface area contributed by atoms with Crippen molar-refractivity contribution in [2.24, 2.45) is 0 Å². The van der Waals surface area contributed by atoms with Gasteiger partial charge in [-0.1, -0.05) is 158 Å². The second-order valence-corrected chi connectivity index (χ2v) is 11.4. The molecule has 7 aromatic rings. The Hall–Kier alpha value is -5.66. The fourth-order valence-electron chi connectivity index (χ4n) is 7.02. The van der Waals surface area contributed by atoms with Gasteiger partial charge < -0.3 is 5.32 Å². The van der Waals surface area contributed by atoms with E-state index in [9.17, 15) is 0 Å². The summed E-state index contributed by atoms with van der Waals surface area (Å²) in [5.74, 6) is 0. The van der Waals surface area contributed by atoms with Crippen molar-refractivity contribution in [3.63, 3.8) is 0 Å². The number of fused-ring (bicyclic) bond motifs is 3. The third-order valence-electron chi connectivity index (χ3n) is 8.95. The van der Waals surface area contributed by atoms with Crippen LogP contribution >= 0.6 is 0 Å². The predicted molar refractivity (Wildman–Crippen MR) is 184 cm³/mol. The third kappa shape index (κ3) is 4.25. The molecule has 0 saturated carbocycles. The van der Waals surface area contributed by atoms with E-state index in [2.05, 4.69) is 187 Å². The molecule has 208 valence electrons. The molecule has 0 aliphatic heterocycles. The third-order valence-corrected chi connectivity index (χ3v) is 8.95. The molecule has 0 radical (unpaired) electrons. The van der Waals surface area contributed by atoms with Crippen LogP contribution in [0.25, 0.3) is 33.4 Å². The van der Waals surface area contributed by atoms with Crippen LogP contribution in [0.1, 0.15) is 22.3 Å². The molecule has 1 heteroatoms. The summed E-state index contributed by atoms with van der Waals surface area (Å²) < 4.78 is 0.